The van der Waals surface area contributed by atoms with Crippen LogP contribution in [0.5, 0.6) is 0 Å². The fourth-order valence-electron chi connectivity index (χ4n) is 3.30. The first-order chi connectivity index (χ1) is 8.25. The number of benzene rings is 1. The zero-order chi connectivity index (χ0) is 11.7. The molecule has 92 valence electrons. The van der Waals surface area contributed by atoms with Crippen LogP contribution in [0.15, 0.2) is 24.3 Å². The Morgan fingerprint density at radius 2 is 1.82 bits per heavy atom. The Balaban J connectivity index is 1.68. The molecule has 2 nitrogen and oxygen atoms in total. The highest BCUT2D eigenvalue weighted by atomic mass is 16.3. The monoisotopic (exact) mass is 231 g/mol. The maximum absolute atomic E-state index is 10.4. The molecule has 1 aliphatic carbocycles. The van der Waals surface area contributed by atoms with Crippen LogP contribution in [0.4, 0.5) is 0 Å². The second kappa shape index (κ2) is 4.43. The van der Waals surface area contributed by atoms with Crippen molar-refractivity contribution in [2.75, 3.05) is 13.1 Å². The van der Waals surface area contributed by atoms with E-state index in [9.17, 15) is 5.11 Å². The third kappa shape index (κ3) is 2.38. The molecule has 0 aromatic heterocycles. The molecule has 0 radical (unpaired) electrons. The Hall–Kier alpha value is -0.860. The molecule has 0 saturated heterocycles. The topological polar surface area (TPSA) is 23.5 Å². The zero-order valence-corrected chi connectivity index (χ0v) is 10.4. The molecule has 1 aromatic carbocycles. The zero-order valence-electron chi connectivity index (χ0n) is 10.4. The Morgan fingerprint density at radius 1 is 1.12 bits per heavy atom. The van der Waals surface area contributed by atoms with Crippen molar-refractivity contribution >= 4 is 0 Å². The molecule has 3 rings (SSSR count). The molecule has 0 amide bonds. The van der Waals surface area contributed by atoms with E-state index < -0.39 is 5.60 Å². The molecule has 0 atom stereocenters. The van der Waals surface area contributed by atoms with E-state index in [1.54, 1.807) is 0 Å². The molecule has 2 heteroatoms. The van der Waals surface area contributed by atoms with E-state index in [1.807, 2.05) is 0 Å². The molecule has 1 heterocycles. The minimum atomic E-state index is -0.397. The van der Waals surface area contributed by atoms with Gasteiger partial charge in [0.25, 0.3) is 0 Å². The van der Waals surface area contributed by atoms with E-state index in [-0.39, 0.29) is 0 Å². The van der Waals surface area contributed by atoms with Gasteiger partial charge in [-0.3, -0.25) is 4.90 Å². The largest absolute Gasteiger partial charge is 0.389 e. The molecule has 1 aliphatic heterocycles. The minimum Gasteiger partial charge on any atom is -0.389 e. The quantitative estimate of drug-likeness (QED) is 0.844. The molecule has 0 spiro atoms. The number of rotatable bonds is 2. The number of aliphatic hydroxyl groups is 1. The van der Waals surface area contributed by atoms with Crippen molar-refractivity contribution in [1.82, 2.24) is 4.90 Å². The fraction of sp³-hybridized carbons (Fsp3) is 0.600. The van der Waals surface area contributed by atoms with Crippen molar-refractivity contribution in [3.63, 3.8) is 0 Å². The van der Waals surface area contributed by atoms with Gasteiger partial charge in [0.05, 0.1) is 5.60 Å². The number of hydrogen-bond acceptors (Lipinski definition) is 2. The van der Waals surface area contributed by atoms with Crippen LogP contribution >= 0.6 is 0 Å². The van der Waals surface area contributed by atoms with Crippen LogP contribution in [-0.4, -0.2) is 28.7 Å². The lowest BCUT2D eigenvalue weighted by molar-refractivity contribution is 0.00559. The van der Waals surface area contributed by atoms with Crippen LogP contribution in [0.25, 0.3) is 0 Å². The molecule has 1 fully saturated rings. The van der Waals surface area contributed by atoms with Crippen molar-refractivity contribution in [2.24, 2.45) is 0 Å². The SMILES string of the molecule is OC1(CN2CCc3ccccc3C2)CCCC1. The highest BCUT2D eigenvalue weighted by Gasteiger charge is 2.33. The average Bonchev–Trinajstić information content (AvgIpc) is 2.76. The number of hydrogen-bond donors (Lipinski definition) is 1. The molecular weight excluding hydrogens is 210 g/mol. The highest BCUT2D eigenvalue weighted by Crippen LogP contribution is 2.31. The van der Waals surface area contributed by atoms with Gasteiger partial charge in [-0.05, 0) is 30.4 Å². The van der Waals surface area contributed by atoms with Gasteiger partial charge in [0, 0.05) is 19.6 Å². The van der Waals surface area contributed by atoms with Gasteiger partial charge in [0.1, 0.15) is 0 Å². The minimum absolute atomic E-state index is 0.397. The Morgan fingerprint density at radius 3 is 2.59 bits per heavy atom. The summed E-state index contributed by atoms with van der Waals surface area (Å²) in [6.45, 7) is 2.97. The summed E-state index contributed by atoms with van der Waals surface area (Å²) < 4.78 is 0. The van der Waals surface area contributed by atoms with Crippen LogP contribution in [0.1, 0.15) is 36.8 Å². The van der Waals surface area contributed by atoms with Crippen LogP contribution in [0.2, 0.25) is 0 Å². The van der Waals surface area contributed by atoms with E-state index in [2.05, 4.69) is 29.2 Å². The summed E-state index contributed by atoms with van der Waals surface area (Å²) >= 11 is 0. The molecule has 0 unspecified atom stereocenters. The van der Waals surface area contributed by atoms with Crippen LogP contribution < -0.4 is 0 Å². The summed E-state index contributed by atoms with van der Waals surface area (Å²) in [7, 11) is 0. The lowest BCUT2D eigenvalue weighted by atomic mass is 9.96. The first-order valence-corrected chi connectivity index (χ1v) is 6.77. The van der Waals surface area contributed by atoms with E-state index in [0.29, 0.717) is 0 Å². The second-order valence-corrected chi connectivity index (χ2v) is 5.66. The number of nitrogens with zero attached hydrogens (tertiary/aromatic N) is 1. The highest BCUT2D eigenvalue weighted by molar-refractivity contribution is 5.29. The Bertz CT molecular complexity index is 396. The average molecular weight is 231 g/mol. The van der Waals surface area contributed by atoms with Crippen molar-refractivity contribution < 1.29 is 5.11 Å². The third-order valence-electron chi connectivity index (χ3n) is 4.26. The van der Waals surface area contributed by atoms with Gasteiger partial charge in [0.2, 0.25) is 0 Å². The molecule has 1 saturated carbocycles. The van der Waals surface area contributed by atoms with Gasteiger partial charge in [-0.15, -0.1) is 0 Å². The predicted octanol–water partition coefficient (Wildman–Crippen LogP) is 2.35. The van der Waals surface area contributed by atoms with Gasteiger partial charge in [-0.25, -0.2) is 0 Å². The Kier molecular flexibility index (Phi) is 2.93. The van der Waals surface area contributed by atoms with E-state index in [1.165, 1.54) is 24.0 Å². The summed E-state index contributed by atoms with van der Waals surface area (Å²) in [4.78, 5) is 2.42. The summed E-state index contributed by atoms with van der Waals surface area (Å²) in [6.07, 6.45) is 5.50. The molecule has 0 bridgehead atoms. The van der Waals surface area contributed by atoms with Crippen molar-refractivity contribution in [3.05, 3.63) is 35.4 Å². The van der Waals surface area contributed by atoms with Crippen molar-refractivity contribution in [3.8, 4) is 0 Å². The molecular formula is C15H21NO. The summed E-state index contributed by atoms with van der Waals surface area (Å²) in [6, 6.07) is 8.70. The van der Waals surface area contributed by atoms with E-state index in [4.69, 9.17) is 0 Å². The van der Waals surface area contributed by atoms with Gasteiger partial charge in [0.15, 0.2) is 0 Å². The first-order valence-electron chi connectivity index (χ1n) is 6.77. The van der Waals surface area contributed by atoms with Crippen LogP contribution in [0, 0.1) is 0 Å². The third-order valence-corrected chi connectivity index (χ3v) is 4.26. The predicted molar refractivity (Wildman–Crippen MR) is 68.8 cm³/mol. The Labute approximate surface area is 103 Å². The van der Waals surface area contributed by atoms with Gasteiger partial charge >= 0.3 is 0 Å². The van der Waals surface area contributed by atoms with E-state index >= 15 is 0 Å². The van der Waals surface area contributed by atoms with Crippen molar-refractivity contribution in [1.29, 1.82) is 0 Å². The molecule has 17 heavy (non-hydrogen) atoms. The smallest absolute Gasteiger partial charge is 0.0774 e. The summed E-state index contributed by atoms with van der Waals surface area (Å²) in [5, 5.41) is 10.4. The van der Waals surface area contributed by atoms with Gasteiger partial charge in [-0.1, -0.05) is 37.1 Å². The summed E-state index contributed by atoms with van der Waals surface area (Å²) in [5.74, 6) is 0. The van der Waals surface area contributed by atoms with Crippen LogP contribution in [0.3, 0.4) is 0 Å². The number of fused-ring (bicyclic) bond motifs is 1. The molecule has 2 aliphatic rings. The lowest BCUT2D eigenvalue weighted by Gasteiger charge is -2.34. The van der Waals surface area contributed by atoms with Gasteiger partial charge < -0.3 is 5.11 Å². The second-order valence-electron chi connectivity index (χ2n) is 5.66. The number of β-amino-alcohol motifs (C(OH)–C–C–N with tert-alkyl or cyclic N) is 1. The summed E-state index contributed by atoms with van der Waals surface area (Å²) in [5.41, 5.74) is 2.54. The van der Waals surface area contributed by atoms with Crippen molar-refractivity contribution in [2.45, 2.75) is 44.2 Å². The normalized spacial score (nSPS) is 23.6. The standard InChI is InChI=1S/C15H21NO/c17-15(8-3-4-9-15)12-16-10-7-13-5-1-2-6-14(13)11-16/h1-2,5-6,17H,3-4,7-12H2. The molecule has 1 aromatic rings. The maximum Gasteiger partial charge on any atom is 0.0774 e. The fourth-order valence-corrected chi connectivity index (χ4v) is 3.30. The maximum atomic E-state index is 10.4. The molecule has 1 N–H and O–H groups in total. The van der Waals surface area contributed by atoms with E-state index in [0.717, 1.165) is 38.9 Å². The first kappa shape index (κ1) is 11.2. The van der Waals surface area contributed by atoms with Crippen LogP contribution in [-0.2, 0) is 13.0 Å². The van der Waals surface area contributed by atoms with Gasteiger partial charge in [-0.2, -0.15) is 0 Å². The lowest BCUT2D eigenvalue weighted by Crippen LogP contribution is -2.43.